The topological polar surface area (TPSA) is 41.1 Å². The molecule has 4 heteroatoms. The number of nitrogens with one attached hydrogen (secondary N) is 2. The molecule has 0 aromatic heterocycles. The number of thioether (sulfide) groups is 1. The van der Waals surface area contributed by atoms with Crippen LogP contribution in [0.1, 0.15) is 32.1 Å². The van der Waals surface area contributed by atoms with Crippen LogP contribution in [0.5, 0.6) is 0 Å². The third kappa shape index (κ3) is 5.42. The smallest absolute Gasteiger partial charge is 0.237 e. The lowest BCUT2D eigenvalue weighted by Crippen LogP contribution is -2.44. The van der Waals surface area contributed by atoms with Crippen molar-refractivity contribution in [1.82, 2.24) is 10.6 Å². The largest absolute Gasteiger partial charge is 0.355 e. The van der Waals surface area contributed by atoms with Crippen molar-refractivity contribution in [3.05, 3.63) is 0 Å². The van der Waals surface area contributed by atoms with Gasteiger partial charge in [0.25, 0.3) is 0 Å². The summed E-state index contributed by atoms with van der Waals surface area (Å²) in [6.07, 6.45) is 7.79. The van der Waals surface area contributed by atoms with Crippen LogP contribution < -0.4 is 10.6 Å². The average molecular weight is 230 g/mol. The molecule has 0 spiro atoms. The lowest BCUT2D eigenvalue weighted by Gasteiger charge is -2.15. The lowest BCUT2D eigenvalue weighted by atomic mass is 10.1. The third-order valence-electron chi connectivity index (χ3n) is 2.70. The zero-order valence-corrected chi connectivity index (χ0v) is 10.4. The van der Waals surface area contributed by atoms with E-state index in [0.29, 0.717) is 0 Å². The maximum atomic E-state index is 11.7. The molecule has 1 aliphatic rings. The van der Waals surface area contributed by atoms with E-state index in [1.165, 1.54) is 19.3 Å². The highest BCUT2D eigenvalue weighted by Gasteiger charge is 2.18. The summed E-state index contributed by atoms with van der Waals surface area (Å²) >= 11 is 1.83. The standard InChI is InChI=1S/C11H22N2OS/c1-15-9-5-8-13-11(14)10-6-3-2-4-7-12-10/h10,12H,2-9H2,1H3,(H,13,14). The summed E-state index contributed by atoms with van der Waals surface area (Å²) in [6, 6.07) is 0.0572. The summed E-state index contributed by atoms with van der Waals surface area (Å²) in [7, 11) is 0. The first kappa shape index (κ1) is 12.8. The maximum Gasteiger partial charge on any atom is 0.237 e. The van der Waals surface area contributed by atoms with E-state index in [1.54, 1.807) is 0 Å². The Morgan fingerprint density at radius 2 is 2.33 bits per heavy atom. The van der Waals surface area contributed by atoms with Gasteiger partial charge in [-0.05, 0) is 37.8 Å². The van der Waals surface area contributed by atoms with Crippen LogP contribution in [0, 0.1) is 0 Å². The highest BCUT2D eigenvalue weighted by atomic mass is 32.2. The van der Waals surface area contributed by atoms with Gasteiger partial charge in [0.2, 0.25) is 5.91 Å². The molecule has 1 unspecified atom stereocenters. The molecular weight excluding hydrogens is 208 g/mol. The van der Waals surface area contributed by atoms with E-state index in [-0.39, 0.29) is 11.9 Å². The molecule has 2 N–H and O–H groups in total. The first-order valence-electron chi connectivity index (χ1n) is 5.84. The lowest BCUT2D eigenvalue weighted by molar-refractivity contribution is -0.123. The number of amides is 1. The van der Waals surface area contributed by atoms with Crippen LogP contribution in [0.15, 0.2) is 0 Å². The summed E-state index contributed by atoms with van der Waals surface area (Å²) in [6.45, 7) is 1.81. The summed E-state index contributed by atoms with van der Waals surface area (Å²) < 4.78 is 0. The van der Waals surface area contributed by atoms with Crippen LogP contribution in [0.4, 0.5) is 0 Å². The Morgan fingerprint density at radius 1 is 1.47 bits per heavy atom. The summed E-state index contributed by atoms with van der Waals surface area (Å²) in [5.41, 5.74) is 0. The van der Waals surface area contributed by atoms with Crippen molar-refractivity contribution in [1.29, 1.82) is 0 Å². The zero-order valence-electron chi connectivity index (χ0n) is 9.55. The number of carbonyl (C=O) groups excluding carboxylic acids is 1. The van der Waals surface area contributed by atoms with Crippen LogP contribution in [0.3, 0.4) is 0 Å². The Balaban J connectivity index is 2.14. The molecule has 15 heavy (non-hydrogen) atoms. The van der Waals surface area contributed by atoms with Crippen LogP contribution in [0.25, 0.3) is 0 Å². The number of rotatable bonds is 5. The molecule has 0 aromatic rings. The monoisotopic (exact) mass is 230 g/mol. The van der Waals surface area contributed by atoms with Gasteiger partial charge in [-0.3, -0.25) is 4.79 Å². The number of hydrogen-bond acceptors (Lipinski definition) is 3. The van der Waals surface area contributed by atoms with E-state index < -0.39 is 0 Å². The molecule has 1 rings (SSSR count). The Bertz CT molecular complexity index is 179. The second kappa shape index (κ2) is 7.99. The molecule has 0 bridgehead atoms. The second-order valence-corrected chi connectivity index (χ2v) is 4.98. The first-order valence-corrected chi connectivity index (χ1v) is 7.24. The van der Waals surface area contributed by atoms with Crippen LogP contribution in [0.2, 0.25) is 0 Å². The maximum absolute atomic E-state index is 11.7. The van der Waals surface area contributed by atoms with Gasteiger partial charge < -0.3 is 10.6 Å². The quantitative estimate of drug-likeness (QED) is 0.701. The van der Waals surface area contributed by atoms with Crippen LogP contribution >= 0.6 is 11.8 Å². The van der Waals surface area contributed by atoms with Crippen molar-refractivity contribution < 1.29 is 4.79 Å². The Morgan fingerprint density at radius 3 is 3.13 bits per heavy atom. The minimum Gasteiger partial charge on any atom is -0.355 e. The highest BCUT2D eigenvalue weighted by molar-refractivity contribution is 7.98. The molecule has 0 aliphatic carbocycles. The fourth-order valence-electron chi connectivity index (χ4n) is 1.80. The molecule has 1 atom stereocenters. The summed E-state index contributed by atoms with van der Waals surface area (Å²) in [5.74, 6) is 1.32. The predicted octanol–water partition coefficient (Wildman–Crippen LogP) is 1.39. The fraction of sp³-hybridized carbons (Fsp3) is 0.909. The van der Waals surface area contributed by atoms with Gasteiger partial charge in [-0.15, -0.1) is 0 Å². The molecule has 0 aromatic carbocycles. The van der Waals surface area contributed by atoms with E-state index in [1.807, 2.05) is 11.8 Å². The first-order chi connectivity index (χ1) is 7.34. The number of hydrogen-bond donors (Lipinski definition) is 2. The van der Waals surface area contributed by atoms with Gasteiger partial charge in [0, 0.05) is 6.54 Å². The van der Waals surface area contributed by atoms with Crippen LogP contribution in [-0.2, 0) is 4.79 Å². The molecule has 1 heterocycles. The van der Waals surface area contributed by atoms with Crippen molar-refractivity contribution in [3.8, 4) is 0 Å². The molecule has 3 nitrogen and oxygen atoms in total. The molecule has 1 saturated heterocycles. The Labute approximate surface area is 96.8 Å². The predicted molar refractivity (Wildman–Crippen MR) is 66.3 cm³/mol. The Hall–Kier alpha value is -0.220. The molecule has 1 amide bonds. The second-order valence-electron chi connectivity index (χ2n) is 3.99. The molecular formula is C11H22N2OS. The summed E-state index contributed by atoms with van der Waals surface area (Å²) in [4.78, 5) is 11.7. The van der Waals surface area contributed by atoms with Crippen molar-refractivity contribution in [3.63, 3.8) is 0 Å². The van der Waals surface area contributed by atoms with E-state index in [4.69, 9.17) is 0 Å². The van der Waals surface area contributed by atoms with Gasteiger partial charge in [-0.2, -0.15) is 11.8 Å². The molecule has 0 saturated carbocycles. The van der Waals surface area contributed by atoms with Crippen molar-refractivity contribution >= 4 is 17.7 Å². The SMILES string of the molecule is CSCCCNC(=O)C1CCCCCN1. The van der Waals surface area contributed by atoms with Gasteiger partial charge in [0.05, 0.1) is 6.04 Å². The molecule has 88 valence electrons. The average Bonchev–Trinajstić information content (AvgIpc) is 2.52. The minimum absolute atomic E-state index is 0.0572. The minimum atomic E-state index is 0.0572. The van der Waals surface area contributed by atoms with E-state index >= 15 is 0 Å². The van der Waals surface area contributed by atoms with Gasteiger partial charge in [-0.25, -0.2) is 0 Å². The molecule has 1 aliphatic heterocycles. The third-order valence-corrected chi connectivity index (χ3v) is 3.40. The van der Waals surface area contributed by atoms with E-state index in [2.05, 4.69) is 16.9 Å². The van der Waals surface area contributed by atoms with Gasteiger partial charge in [0.1, 0.15) is 0 Å². The zero-order chi connectivity index (χ0) is 10.9. The van der Waals surface area contributed by atoms with Crippen LogP contribution in [-0.4, -0.2) is 37.0 Å². The fourth-order valence-corrected chi connectivity index (χ4v) is 2.24. The highest BCUT2D eigenvalue weighted by Crippen LogP contribution is 2.08. The Kier molecular flexibility index (Phi) is 6.85. The van der Waals surface area contributed by atoms with Crippen molar-refractivity contribution in [2.45, 2.75) is 38.1 Å². The summed E-state index contributed by atoms with van der Waals surface area (Å²) in [5, 5.41) is 6.31. The van der Waals surface area contributed by atoms with E-state index in [0.717, 1.165) is 31.7 Å². The molecule has 1 fully saturated rings. The van der Waals surface area contributed by atoms with E-state index in [9.17, 15) is 4.79 Å². The number of carbonyl (C=O) groups is 1. The van der Waals surface area contributed by atoms with Crippen molar-refractivity contribution in [2.75, 3.05) is 25.1 Å². The van der Waals surface area contributed by atoms with Crippen molar-refractivity contribution in [2.24, 2.45) is 0 Å². The van der Waals surface area contributed by atoms with Gasteiger partial charge in [-0.1, -0.05) is 12.8 Å². The normalized spacial score (nSPS) is 22.1. The van der Waals surface area contributed by atoms with Gasteiger partial charge in [0.15, 0.2) is 0 Å². The molecule has 0 radical (unpaired) electrons. The van der Waals surface area contributed by atoms with Gasteiger partial charge >= 0.3 is 0 Å².